The topological polar surface area (TPSA) is 60.5 Å². The van der Waals surface area contributed by atoms with Crippen LogP contribution in [0, 0.1) is 0 Å². The van der Waals surface area contributed by atoms with E-state index >= 15 is 0 Å². The fourth-order valence-electron chi connectivity index (χ4n) is 2.07. The molecule has 124 valence electrons. The lowest BCUT2D eigenvalue weighted by molar-refractivity contribution is -0.140. The van der Waals surface area contributed by atoms with Crippen molar-refractivity contribution in [2.24, 2.45) is 0 Å². The summed E-state index contributed by atoms with van der Waals surface area (Å²) in [5, 5.41) is 2.88. The van der Waals surface area contributed by atoms with Crippen molar-refractivity contribution in [2.75, 3.05) is 18.5 Å². The number of aromatic nitrogens is 1. The summed E-state index contributed by atoms with van der Waals surface area (Å²) in [6.07, 6.45) is 5.00. The second-order valence-electron chi connectivity index (χ2n) is 5.52. The number of nitrogens with zero attached hydrogens (tertiary/aromatic N) is 1. The molecule has 0 radical (unpaired) electrons. The summed E-state index contributed by atoms with van der Waals surface area (Å²) in [6.45, 7) is 9.17. The number of amides is 1. The van der Waals surface area contributed by atoms with Gasteiger partial charge in [-0.1, -0.05) is 27.2 Å². The van der Waals surface area contributed by atoms with Crippen LogP contribution in [0.15, 0.2) is 18.3 Å². The molecular weight excluding hydrogens is 280 g/mol. The SMILES string of the molecule is CCCOc1ccc(NC(=O)[C@@](C)(CCC)OCCC)cn1. The number of hydrogen-bond acceptors (Lipinski definition) is 4. The first-order valence-electron chi connectivity index (χ1n) is 8.10. The monoisotopic (exact) mass is 308 g/mol. The maximum atomic E-state index is 12.5. The Morgan fingerprint density at radius 1 is 1.18 bits per heavy atom. The summed E-state index contributed by atoms with van der Waals surface area (Å²) in [6, 6.07) is 3.55. The Kier molecular flexibility index (Phi) is 7.88. The van der Waals surface area contributed by atoms with Gasteiger partial charge in [0.15, 0.2) is 0 Å². The zero-order valence-corrected chi connectivity index (χ0v) is 14.1. The van der Waals surface area contributed by atoms with Gasteiger partial charge >= 0.3 is 0 Å². The molecule has 1 rings (SSSR count). The molecule has 5 nitrogen and oxygen atoms in total. The number of hydrogen-bond donors (Lipinski definition) is 1. The van der Waals surface area contributed by atoms with Crippen molar-refractivity contribution in [1.29, 1.82) is 0 Å². The summed E-state index contributed by atoms with van der Waals surface area (Å²) >= 11 is 0. The lowest BCUT2D eigenvalue weighted by Crippen LogP contribution is -2.43. The molecule has 0 saturated carbocycles. The predicted molar refractivity (Wildman–Crippen MR) is 88.2 cm³/mol. The van der Waals surface area contributed by atoms with Gasteiger partial charge in [-0.15, -0.1) is 0 Å². The van der Waals surface area contributed by atoms with Gasteiger partial charge in [-0.3, -0.25) is 4.79 Å². The van der Waals surface area contributed by atoms with Crippen LogP contribution in [0.5, 0.6) is 5.88 Å². The van der Waals surface area contributed by atoms with Gasteiger partial charge in [0, 0.05) is 12.7 Å². The summed E-state index contributed by atoms with van der Waals surface area (Å²) in [5.74, 6) is 0.435. The Morgan fingerprint density at radius 2 is 1.91 bits per heavy atom. The van der Waals surface area contributed by atoms with Crippen molar-refractivity contribution < 1.29 is 14.3 Å². The lowest BCUT2D eigenvalue weighted by Gasteiger charge is -2.28. The van der Waals surface area contributed by atoms with Crippen molar-refractivity contribution >= 4 is 11.6 Å². The van der Waals surface area contributed by atoms with Crippen LogP contribution >= 0.6 is 0 Å². The zero-order valence-electron chi connectivity index (χ0n) is 14.1. The van der Waals surface area contributed by atoms with Gasteiger partial charge in [0.2, 0.25) is 5.88 Å². The van der Waals surface area contributed by atoms with Crippen LogP contribution in [0.4, 0.5) is 5.69 Å². The highest BCUT2D eigenvalue weighted by molar-refractivity contribution is 5.96. The number of pyridine rings is 1. The highest BCUT2D eigenvalue weighted by atomic mass is 16.5. The molecule has 1 amide bonds. The third-order valence-corrected chi connectivity index (χ3v) is 3.28. The van der Waals surface area contributed by atoms with Gasteiger partial charge < -0.3 is 14.8 Å². The molecule has 1 heterocycles. The molecule has 1 atom stereocenters. The standard InChI is InChI=1S/C17H28N2O3/c1-5-10-17(4,22-12-7-3)16(20)19-14-8-9-15(18-13-14)21-11-6-2/h8-9,13H,5-7,10-12H2,1-4H3,(H,19,20)/t17-/m1/s1. The van der Waals surface area contributed by atoms with E-state index in [0.717, 1.165) is 19.3 Å². The van der Waals surface area contributed by atoms with Crippen LogP contribution in [0.3, 0.4) is 0 Å². The molecular formula is C17H28N2O3. The Morgan fingerprint density at radius 3 is 2.45 bits per heavy atom. The predicted octanol–water partition coefficient (Wildman–Crippen LogP) is 3.79. The third kappa shape index (κ3) is 5.64. The molecule has 22 heavy (non-hydrogen) atoms. The smallest absolute Gasteiger partial charge is 0.256 e. The molecule has 1 aromatic heterocycles. The van der Waals surface area contributed by atoms with E-state index < -0.39 is 5.60 Å². The van der Waals surface area contributed by atoms with E-state index in [2.05, 4.69) is 10.3 Å². The Hall–Kier alpha value is -1.62. The number of rotatable bonds is 10. The molecule has 0 aliphatic carbocycles. The first-order valence-corrected chi connectivity index (χ1v) is 8.10. The molecule has 0 aliphatic heterocycles. The van der Waals surface area contributed by atoms with E-state index in [-0.39, 0.29) is 5.91 Å². The lowest BCUT2D eigenvalue weighted by atomic mass is 9.99. The minimum atomic E-state index is -0.803. The van der Waals surface area contributed by atoms with E-state index in [4.69, 9.17) is 9.47 Å². The fourth-order valence-corrected chi connectivity index (χ4v) is 2.07. The number of anilines is 1. The van der Waals surface area contributed by atoms with E-state index in [0.29, 0.717) is 31.2 Å². The molecule has 1 aromatic rings. The highest BCUT2D eigenvalue weighted by Gasteiger charge is 2.33. The van der Waals surface area contributed by atoms with E-state index in [9.17, 15) is 4.79 Å². The summed E-state index contributed by atoms with van der Waals surface area (Å²) in [4.78, 5) is 16.7. The quantitative estimate of drug-likeness (QED) is 0.714. The molecule has 0 unspecified atom stereocenters. The highest BCUT2D eigenvalue weighted by Crippen LogP contribution is 2.21. The van der Waals surface area contributed by atoms with E-state index in [1.54, 1.807) is 18.3 Å². The maximum absolute atomic E-state index is 12.5. The number of carbonyl (C=O) groups is 1. The van der Waals surface area contributed by atoms with Crippen LogP contribution in [0.2, 0.25) is 0 Å². The van der Waals surface area contributed by atoms with Gasteiger partial charge in [0.25, 0.3) is 5.91 Å². The van der Waals surface area contributed by atoms with Gasteiger partial charge in [-0.2, -0.15) is 0 Å². The molecule has 0 aliphatic rings. The second-order valence-corrected chi connectivity index (χ2v) is 5.52. The van der Waals surface area contributed by atoms with Gasteiger partial charge in [-0.25, -0.2) is 4.98 Å². The number of ether oxygens (including phenoxy) is 2. The van der Waals surface area contributed by atoms with Crippen molar-refractivity contribution in [2.45, 2.75) is 59.0 Å². The first kappa shape index (κ1) is 18.4. The molecule has 0 bridgehead atoms. The minimum absolute atomic E-state index is 0.133. The molecule has 0 spiro atoms. The van der Waals surface area contributed by atoms with Crippen molar-refractivity contribution in [1.82, 2.24) is 4.98 Å². The number of nitrogens with one attached hydrogen (secondary N) is 1. The van der Waals surface area contributed by atoms with E-state index in [1.165, 1.54) is 0 Å². The van der Waals surface area contributed by atoms with Crippen LogP contribution in [0.1, 0.15) is 53.4 Å². The summed E-state index contributed by atoms with van der Waals surface area (Å²) in [7, 11) is 0. The molecule has 0 fully saturated rings. The largest absolute Gasteiger partial charge is 0.478 e. The van der Waals surface area contributed by atoms with Crippen molar-refractivity contribution in [3.63, 3.8) is 0 Å². The molecule has 1 N–H and O–H groups in total. The molecule has 5 heteroatoms. The average molecular weight is 308 g/mol. The maximum Gasteiger partial charge on any atom is 0.256 e. The summed E-state index contributed by atoms with van der Waals surface area (Å²) < 4.78 is 11.2. The second kappa shape index (κ2) is 9.41. The van der Waals surface area contributed by atoms with Crippen LogP contribution in [-0.2, 0) is 9.53 Å². The Labute approximate surface area is 133 Å². The van der Waals surface area contributed by atoms with Crippen molar-refractivity contribution in [3.05, 3.63) is 18.3 Å². The first-order chi connectivity index (χ1) is 10.6. The normalized spacial score (nSPS) is 13.5. The van der Waals surface area contributed by atoms with Crippen LogP contribution in [0.25, 0.3) is 0 Å². The van der Waals surface area contributed by atoms with Crippen LogP contribution < -0.4 is 10.1 Å². The zero-order chi connectivity index (χ0) is 16.4. The average Bonchev–Trinajstić information content (AvgIpc) is 2.52. The fraction of sp³-hybridized carbons (Fsp3) is 0.647. The van der Waals surface area contributed by atoms with Gasteiger partial charge in [0.1, 0.15) is 5.60 Å². The van der Waals surface area contributed by atoms with E-state index in [1.807, 2.05) is 27.7 Å². The Balaban J connectivity index is 2.68. The van der Waals surface area contributed by atoms with Gasteiger partial charge in [-0.05, 0) is 32.3 Å². The Bertz CT molecular complexity index is 448. The molecule has 0 saturated heterocycles. The van der Waals surface area contributed by atoms with Crippen LogP contribution in [-0.4, -0.2) is 29.7 Å². The third-order valence-electron chi connectivity index (χ3n) is 3.28. The van der Waals surface area contributed by atoms with Gasteiger partial charge in [0.05, 0.1) is 18.5 Å². The summed E-state index contributed by atoms with van der Waals surface area (Å²) in [5.41, 5.74) is -0.154. The minimum Gasteiger partial charge on any atom is -0.478 e. The number of carbonyl (C=O) groups excluding carboxylic acids is 1. The van der Waals surface area contributed by atoms with Crippen molar-refractivity contribution in [3.8, 4) is 5.88 Å². The molecule has 0 aromatic carbocycles.